The summed E-state index contributed by atoms with van der Waals surface area (Å²) in [5.74, 6) is -0.101. The molecule has 19 heteroatoms. The van der Waals surface area contributed by atoms with Gasteiger partial charge in [-0.3, -0.25) is 4.57 Å². The number of halogens is 2. The summed E-state index contributed by atoms with van der Waals surface area (Å²) in [7, 11) is -8.93. The van der Waals surface area contributed by atoms with E-state index in [1.54, 1.807) is 0 Å². The van der Waals surface area contributed by atoms with Crippen molar-refractivity contribution in [2.24, 2.45) is 10.2 Å². The smallest absolute Gasteiger partial charge is 0.340 e. The van der Waals surface area contributed by atoms with E-state index in [-0.39, 0.29) is 62.1 Å². The fraction of sp³-hybridized carbons (Fsp3) is 0.385. The van der Waals surface area contributed by atoms with Gasteiger partial charge in [-0.05, 0) is 17.1 Å². The van der Waals surface area contributed by atoms with E-state index in [0.29, 0.717) is 11.3 Å². The van der Waals surface area contributed by atoms with Gasteiger partial charge in [-0.15, -0.1) is 11.3 Å². The van der Waals surface area contributed by atoms with Gasteiger partial charge in [-0.1, -0.05) is 33.4 Å². The fourth-order valence-corrected chi connectivity index (χ4v) is 6.38. The van der Waals surface area contributed by atoms with Gasteiger partial charge in [0.2, 0.25) is 0 Å². The van der Waals surface area contributed by atoms with Crippen LogP contribution in [0.3, 0.4) is 0 Å². The monoisotopic (exact) mass is 545 g/mol. The van der Waals surface area contributed by atoms with Crippen molar-refractivity contribution in [1.82, 2.24) is 4.72 Å². The molecule has 174 valence electrons. The number of ether oxygens (including phenoxy) is 2. The molecule has 0 fully saturated rings. The molecule has 1 aromatic carbocycles. The summed E-state index contributed by atoms with van der Waals surface area (Å²) in [5, 5.41) is 6.73. The fourth-order valence-electron chi connectivity index (χ4n) is 2.22. The molecule has 1 aromatic heterocycles. The summed E-state index contributed by atoms with van der Waals surface area (Å²) in [4.78, 5) is 23.0. The van der Waals surface area contributed by atoms with Crippen LogP contribution in [-0.2, 0) is 14.6 Å². The molecule has 3 N–H and O–H groups in total. The van der Waals surface area contributed by atoms with Crippen molar-refractivity contribution in [3.63, 3.8) is 0 Å². The van der Waals surface area contributed by atoms with Crippen molar-refractivity contribution in [2.75, 3.05) is 32.6 Å². The Labute approximate surface area is 194 Å². The van der Waals surface area contributed by atoms with E-state index in [4.69, 9.17) is 53.5 Å². The third kappa shape index (κ3) is 6.77. The normalized spacial score (nSPS) is 11.6. The van der Waals surface area contributed by atoms with E-state index >= 15 is 0 Å². The Morgan fingerprint density at radius 2 is 1.62 bits per heavy atom. The molecule has 32 heavy (non-hydrogen) atoms. The maximum Gasteiger partial charge on any atom is 0.340 e. The SMILES string of the molecule is [N-]=[N+]=NCCOc1c(OCCN=[N+]=[N-])c(Cl)c2sc(S(=O)(=O)NCP(=O)(O)O)cc2c1Cl. The van der Waals surface area contributed by atoms with E-state index in [0.717, 1.165) is 0 Å². The number of rotatable bonds is 12. The van der Waals surface area contributed by atoms with Gasteiger partial charge >= 0.3 is 7.60 Å². The second kappa shape index (κ2) is 11.3. The van der Waals surface area contributed by atoms with Crippen molar-refractivity contribution in [3.8, 4) is 11.5 Å². The lowest BCUT2D eigenvalue weighted by Gasteiger charge is -2.16. The average molecular weight is 546 g/mol. The zero-order chi connectivity index (χ0) is 23.9. The van der Waals surface area contributed by atoms with Gasteiger partial charge in [-0.2, -0.15) is 4.72 Å². The van der Waals surface area contributed by atoms with Crippen LogP contribution < -0.4 is 14.2 Å². The lowest BCUT2D eigenvalue weighted by atomic mass is 10.2. The first-order chi connectivity index (χ1) is 15.0. The number of sulfonamides is 1. The molecule has 0 spiro atoms. The number of hydrogen-bond donors (Lipinski definition) is 3. The molecule has 0 bridgehead atoms. The molecule has 0 radical (unpaired) electrons. The standard InChI is InChI=1S/C13H14Cl2N7O7PS2/c14-9-7-5-8(32(26,27)20-6-30(23,24)25)31-13(7)10(15)12(29-4-2-19-22-17)11(9)28-3-1-18-21-16/h5,20H,1-4,6H2,(H2,23,24,25). The minimum Gasteiger partial charge on any atom is -0.488 e. The maximum atomic E-state index is 12.4. The van der Waals surface area contributed by atoms with Crippen LogP contribution in [0.15, 0.2) is 20.5 Å². The second-order valence-electron chi connectivity index (χ2n) is 5.67. The topological polar surface area (TPSA) is 220 Å². The van der Waals surface area contributed by atoms with E-state index in [1.165, 1.54) is 6.07 Å². The second-order valence-corrected chi connectivity index (χ2v) is 11.1. The Bertz CT molecular complexity index is 1190. The molecule has 0 amide bonds. The van der Waals surface area contributed by atoms with Crippen LogP contribution in [0.1, 0.15) is 0 Å². The predicted molar refractivity (Wildman–Crippen MR) is 118 cm³/mol. The van der Waals surface area contributed by atoms with E-state index in [2.05, 4.69) is 20.1 Å². The highest BCUT2D eigenvalue weighted by Crippen LogP contribution is 2.50. The van der Waals surface area contributed by atoms with Gasteiger partial charge in [-0.25, -0.2) is 8.42 Å². The van der Waals surface area contributed by atoms with Gasteiger partial charge < -0.3 is 19.3 Å². The Balaban J connectivity index is 2.54. The van der Waals surface area contributed by atoms with Gasteiger partial charge in [0.25, 0.3) is 10.0 Å². The Morgan fingerprint density at radius 3 is 2.12 bits per heavy atom. The highest BCUT2D eigenvalue weighted by molar-refractivity contribution is 7.92. The molecule has 14 nitrogen and oxygen atoms in total. The van der Waals surface area contributed by atoms with Crippen LogP contribution in [0.25, 0.3) is 31.0 Å². The Morgan fingerprint density at radius 1 is 1.09 bits per heavy atom. The first-order valence-corrected chi connectivity index (χ1v) is 13.1. The largest absolute Gasteiger partial charge is 0.488 e. The molecule has 0 aliphatic carbocycles. The van der Waals surface area contributed by atoms with E-state index in [1.807, 2.05) is 4.72 Å². The van der Waals surface area contributed by atoms with E-state index in [9.17, 15) is 13.0 Å². The van der Waals surface area contributed by atoms with Crippen molar-refractivity contribution in [1.29, 1.82) is 0 Å². The molecule has 1 heterocycles. The molecule has 2 aromatic rings. The summed E-state index contributed by atoms with van der Waals surface area (Å²) in [5.41, 5.74) is 16.8. The van der Waals surface area contributed by atoms with Crippen LogP contribution in [0.2, 0.25) is 10.0 Å². The van der Waals surface area contributed by atoms with E-state index < -0.39 is 23.9 Å². The highest BCUT2D eigenvalue weighted by atomic mass is 35.5. The van der Waals surface area contributed by atoms with Crippen LogP contribution >= 0.6 is 42.1 Å². The number of benzene rings is 1. The molecule has 0 unspecified atom stereocenters. The molecule has 2 rings (SSSR count). The minimum atomic E-state index is -4.64. The molecular weight excluding hydrogens is 532 g/mol. The molecule has 0 aliphatic rings. The zero-order valence-corrected chi connectivity index (χ0v) is 19.8. The van der Waals surface area contributed by atoms with Gasteiger partial charge in [0.05, 0.1) is 36.0 Å². The van der Waals surface area contributed by atoms with Crippen molar-refractivity contribution in [3.05, 3.63) is 37.0 Å². The minimum absolute atomic E-state index is 0.0446. The zero-order valence-electron chi connectivity index (χ0n) is 15.8. The number of azide groups is 2. The quantitative estimate of drug-likeness (QED) is 0.117. The summed E-state index contributed by atoms with van der Waals surface area (Å²) in [6.45, 7) is -0.288. The first kappa shape index (κ1) is 26.3. The van der Waals surface area contributed by atoms with Crippen molar-refractivity contribution >= 4 is 62.2 Å². The van der Waals surface area contributed by atoms with Crippen molar-refractivity contribution in [2.45, 2.75) is 4.21 Å². The number of thiophene rings is 1. The average Bonchev–Trinajstić information content (AvgIpc) is 3.18. The number of hydrogen-bond acceptors (Lipinski definition) is 8. The van der Waals surface area contributed by atoms with Crippen LogP contribution in [0, 0.1) is 0 Å². The molecular formula is C13H14Cl2N7O7PS2. The van der Waals surface area contributed by atoms with Gasteiger partial charge in [0.15, 0.2) is 11.5 Å². The number of nitrogens with zero attached hydrogens (tertiary/aromatic N) is 6. The van der Waals surface area contributed by atoms with Gasteiger partial charge in [0, 0.05) is 15.2 Å². The van der Waals surface area contributed by atoms with Crippen LogP contribution in [0.4, 0.5) is 0 Å². The third-order valence-electron chi connectivity index (χ3n) is 3.48. The van der Waals surface area contributed by atoms with Crippen LogP contribution in [-0.4, -0.2) is 50.8 Å². The van der Waals surface area contributed by atoms with Gasteiger partial charge in [0.1, 0.15) is 15.5 Å². The summed E-state index contributed by atoms with van der Waals surface area (Å²) < 4.78 is 48.7. The Hall–Kier alpha value is -1.96. The van der Waals surface area contributed by atoms with Crippen LogP contribution in [0.5, 0.6) is 11.5 Å². The third-order valence-corrected chi connectivity index (χ3v) is 8.14. The van der Waals surface area contributed by atoms with Crippen molar-refractivity contribution < 1.29 is 32.2 Å². The molecule has 0 saturated carbocycles. The number of nitrogens with one attached hydrogen (secondary N) is 1. The summed E-state index contributed by atoms with van der Waals surface area (Å²) >= 11 is 13.5. The Kier molecular flexibility index (Phi) is 9.25. The molecule has 0 atom stereocenters. The lowest BCUT2D eigenvalue weighted by Crippen LogP contribution is -2.23. The first-order valence-electron chi connectivity index (χ1n) is 8.28. The molecule has 0 aliphatic heterocycles. The highest BCUT2D eigenvalue weighted by Gasteiger charge is 2.27. The predicted octanol–water partition coefficient (Wildman–Crippen LogP) is 4.00. The lowest BCUT2D eigenvalue weighted by molar-refractivity contribution is 0.279. The molecule has 0 saturated heterocycles. The number of fused-ring (bicyclic) bond motifs is 1. The summed E-state index contributed by atoms with van der Waals surface area (Å²) in [6, 6.07) is 1.17. The maximum absolute atomic E-state index is 12.4. The summed E-state index contributed by atoms with van der Waals surface area (Å²) in [6.07, 6.45) is -1.09.